The highest BCUT2D eigenvalue weighted by Crippen LogP contribution is 2.22. The van der Waals surface area contributed by atoms with Crippen LogP contribution >= 0.6 is 11.6 Å². The van der Waals surface area contributed by atoms with Gasteiger partial charge in [0.15, 0.2) is 6.29 Å². The molecule has 5 heteroatoms. The molecule has 0 radical (unpaired) electrons. The van der Waals surface area contributed by atoms with Gasteiger partial charge in [-0.15, -0.1) is 0 Å². The predicted molar refractivity (Wildman–Crippen MR) is 70.0 cm³/mol. The van der Waals surface area contributed by atoms with Crippen LogP contribution in [-0.2, 0) is 0 Å². The molecule has 0 aliphatic carbocycles. The number of carbonyl (C=O) groups is 1. The summed E-state index contributed by atoms with van der Waals surface area (Å²) < 4.78 is 0. The number of carbonyl (C=O) groups excluding carboxylic acids is 1. The number of nitrogens with zero attached hydrogens (tertiary/aromatic N) is 3. The maximum Gasteiger partial charge on any atom is 0.156 e. The van der Waals surface area contributed by atoms with Crippen LogP contribution in [0.5, 0.6) is 0 Å². The van der Waals surface area contributed by atoms with Gasteiger partial charge in [-0.05, 0) is 13.3 Å². The normalized spacial score (nSPS) is 10.4. The average Bonchev–Trinajstić information content (AvgIpc) is 2.28. The van der Waals surface area contributed by atoms with Crippen molar-refractivity contribution in [1.29, 1.82) is 0 Å². The second kappa shape index (κ2) is 6.55. The summed E-state index contributed by atoms with van der Waals surface area (Å²) in [5.74, 6) is 1.20. The molecule has 0 atom stereocenters. The molecule has 0 amide bonds. The van der Waals surface area contributed by atoms with Crippen molar-refractivity contribution in [2.24, 2.45) is 0 Å². The van der Waals surface area contributed by atoms with E-state index in [1.807, 2.05) is 11.9 Å². The second-order valence-corrected chi connectivity index (χ2v) is 4.40. The van der Waals surface area contributed by atoms with Crippen molar-refractivity contribution in [2.45, 2.75) is 33.1 Å². The molecular formula is C12H18ClN3O. The molecule has 0 fully saturated rings. The molecule has 0 saturated heterocycles. The first-order chi connectivity index (χ1) is 8.10. The van der Waals surface area contributed by atoms with Crippen molar-refractivity contribution in [3.63, 3.8) is 0 Å². The van der Waals surface area contributed by atoms with Gasteiger partial charge in [0.25, 0.3) is 0 Å². The van der Waals surface area contributed by atoms with E-state index in [4.69, 9.17) is 11.6 Å². The zero-order valence-corrected chi connectivity index (χ0v) is 11.3. The van der Waals surface area contributed by atoms with Crippen molar-refractivity contribution >= 4 is 23.7 Å². The molecule has 0 saturated carbocycles. The third-order valence-corrected chi connectivity index (χ3v) is 2.86. The Kier molecular flexibility index (Phi) is 5.35. The lowest BCUT2D eigenvalue weighted by Crippen LogP contribution is -2.22. The first-order valence-corrected chi connectivity index (χ1v) is 6.18. The molecule has 0 aliphatic rings. The van der Waals surface area contributed by atoms with Crippen molar-refractivity contribution in [3.8, 4) is 0 Å². The number of aromatic nitrogens is 2. The second-order valence-electron chi connectivity index (χ2n) is 4.05. The third-order valence-electron chi connectivity index (χ3n) is 2.57. The minimum Gasteiger partial charge on any atom is -0.359 e. The maximum absolute atomic E-state index is 11.0. The molecule has 0 spiro atoms. The Morgan fingerprint density at radius 2 is 2.06 bits per heavy atom. The van der Waals surface area contributed by atoms with Gasteiger partial charge >= 0.3 is 0 Å². The number of anilines is 1. The summed E-state index contributed by atoms with van der Waals surface area (Å²) in [6, 6.07) is 0. The minimum absolute atomic E-state index is 0.227. The van der Waals surface area contributed by atoms with Crippen molar-refractivity contribution in [3.05, 3.63) is 16.5 Å². The number of rotatable bonds is 6. The molecule has 0 unspecified atom stereocenters. The summed E-state index contributed by atoms with van der Waals surface area (Å²) in [5.41, 5.74) is 0.372. The van der Waals surface area contributed by atoms with Gasteiger partial charge in [0.2, 0.25) is 0 Å². The Labute approximate surface area is 107 Å². The van der Waals surface area contributed by atoms with Gasteiger partial charge in [0.05, 0.1) is 5.56 Å². The van der Waals surface area contributed by atoms with Crippen LogP contribution in [0, 0.1) is 6.92 Å². The summed E-state index contributed by atoms with van der Waals surface area (Å²) in [4.78, 5) is 21.2. The largest absolute Gasteiger partial charge is 0.359 e. The molecule has 0 bridgehead atoms. The maximum atomic E-state index is 11.0. The molecule has 4 nitrogen and oxygen atoms in total. The van der Waals surface area contributed by atoms with Crippen LogP contribution in [0.2, 0.25) is 5.15 Å². The van der Waals surface area contributed by atoms with E-state index >= 15 is 0 Å². The number of halogens is 1. The lowest BCUT2D eigenvalue weighted by molar-refractivity contribution is 0.112. The highest BCUT2D eigenvalue weighted by molar-refractivity contribution is 6.32. The van der Waals surface area contributed by atoms with E-state index in [0.717, 1.165) is 19.4 Å². The highest BCUT2D eigenvalue weighted by Gasteiger charge is 2.14. The van der Waals surface area contributed by atoms with Crippen molar-refractivity contribution < 1.29 is 4.79 Å². The van der Waals surface area contributed by atoms with Gasteiger partial charge in [-0.3, -0.25) is 4.79 Å². The Bertz CT molecular complexity index is 396. The fourth-order valence-electron chi connectivity index (χ4n) is 1.63. The number of hydrogen-bond donors (Lipinski definition) is 0. The average molecular weight is 256 g/mol. The van der Waals surface area contributed by atoms with E-state index in [1.165, 1.54) is 6.42 Å². The van der Waals surface area contributed by atoms with E-state index in [-0.39, 0.29) is 5.15 Å². The van der Waals surface area contributed by atoms with Gasteiger partial charge in [-0.2, -0.15) is 0 Å². The third kappa shape index (κ3) is 3.66. The van der Waals surface area contributed by atoms with E-state index in [0.29, 0.717) is 23.5 Å². The topological polar surface area (TPSA) is 46.1 Å². The zero-order chi connectivity index (χ0) is 12.8. The Morgan fingerprint density at radius 1 is 1.35 bits per heavy atom. The lowest BCUT2D eigenvalue weighted by Gasteiger charge is -2.20. The van der Waals surface area contributed by atoms with E-state index in [2.05, 4.69) is 16.9 Å². The molecule has 0 N–H and O–H groups in total. The molecule has 17 heavy (non-hydrogen) atoms. The fourth-order valence-corrected chi connectivity index (χ4v) is 1.88. The van der Waals surface area contributed by atoms with Crippen molar-refractivity contribution in [2.75, 3.05) is 18.5 Å². The quantitative estimate of drug-likeness (QED) is 0.446. The fraction of sp³-hybridized carbons (Fsp3) is 0.583. The number of aryl methyl sites for hydroxylation is 1. The van der Waals surface area contributed by atoms with Gasteiger partial charge < -0.3 is 4.90 Å². The van der Waals surface area contributed by atoms with Gasteiger partial charge in [0, 0.05) is 13.6 Å². The summed E-state index contributed by atoms with van der Waals surface area (Å²) in [6.07, 6.45) is 4.12. The van der Waals surface area contributed by atoms with Gasteiger partial charge in [0.1, 0.15) is 16.8 Å². The molecule has 1 aromatic heterocycles. The summed E-state index contributed by atoms with van der Waals surface area (Å²) in [6.45, 7) is 4.79. The van der Waals surface area contributed by atoms with Crippen LogP contribution in [0.3, 0.4) is 0 Å². The SMILES string of the molecule is CCCCCN(C)c1nc(C)nc(Cl)c1C=O. The number of hydrogen-bond acceptors (Lipinski definition) is 4. The smallest absolute Gasteiger partial charge is 0.156 e. The Balaban J connectivity index is 2.91. The minimum atomic E-state index is 0.227. The van der Waals surface area contributed by atoms with Crippen LogP contribution < -0.4 is 4.90 Å². The molecule has 1 rings (SSSR count). The van der Waals surface area contributed by atoms with Crippen molar-refractivity contribution in [1.82, 2.24) is 9.97 Å². The summed E-state index contributed by atoms with van der Waals surface area (Å²) >= 11 is 5.93. The lowest BCUT2D eigenvalue weighted by atomic mass is 10.2. The van der Waals surface area contributed by atoms with Crippen LogP contribution in [0.4, 0.5) is 5.82 Å². The number of unbranched alkanes of at least 4 members (excludes halogenated alkanes) is 2. The monoisotopic (exact) mass is 255 g/mol. The van der Waals surface area contributed by atoms with Crippen LogP contribution in [0.1, 0.15) is 42.4 Å². The molecule has 0 aliphatic heterocycles. The Morgan fingerprint density at radius 3 is 2.65 bits per heavy atom. The van der Waals surface area contributed by atoms with Gasteiger partial charge in [-0.25, -0.2) is 9.97 Å². The number of aldehydes is 1. The molecule has 1 aromatic rings. The molecule has 0 aromatic carbocycles. The van der Waals surface area contributed by atoms with E-state index in [9.17, 15) is 4.79 Å². The standard InChI is InChI=1S/C12H18ClN3O/c1-4-5-6-7-16(3)12-10(8-17)11(13)14-9(2)15-12/h8H,4-7H2,1-3H3. The predicted octanol–water partition coefficient (Wildman–Crippen LogP) is 2.88. The molecule has 94 valence electrons. The van der Waals surface area contributed by atoms with Gasteiger partial charge in [-0.1, -0.05) is 31.4 Å². The molecular weight excluding hydrogens is 238 g/mol. The first kappa shape index (κ1) is 13.9. The first-order valence-electron chi connectivity index (χ1n) is 5.80. The summed E-state index contributed by atoms with van der Waals surface area (Å²) in [5, 5.41) is 0.227. The van der Waals surface area contributed by atoms with Crippen LogP contribution in [0.15, 0.2) is 0 Å². The van der Waals surface area contributed by atoms with E-state index < -0.39 is 0 Å². The molecule has 1 heterocycles. The zero-order valence-electron chi connectivity index (χ0n) is 10.5. The van der Waals surface area contributed by atoms with Crippen LogP contribution in [0.25, 0.3) is 0 Å². The summed E-state index contributed by atoms with van der Waals surface area (Å²) in [7, 11) is 1.92. The Hall–Kier alpha value is -1.16. The van der Waals surface area contributed by atoms with Crippen LogP contribution in [-0.4, -0.2) is 29.8 Å². The van der Waals surface area contributed by atoms with E-state index in [1.54, 1.807) is 6.92 Å². The highest BCUT2D eigenvalue weighted by atomic mass is 35.5.